The molecular weight excluding hydrogens is 344 g/mol. The number of nitrogens with zero attached hydrogens (tertiary/aromatic N) is 4. The molecule has 0 saturated heterocycles. The summed E-state index contributed by atoms with van der Waals surface area (Å²) < 4.78 is 5.24. The van der Waals surface area contributed by atoms with Crippen molar-refractivity contribution in [1.82, 2.24) is 15.0 Å². The van der Waals surface area contributed by atoms with Crippen molar-refractivity contribution in [1.29, 1.82) is 0 Å². The Morgan fingerprint density at radius 1 is 1.19 bits per heavy atom. The Labute approximate surface area is 158 Å². The standard InChI is InChI=1S/C20H24N4O3/c1-5-6-9-27-20(26)14-7-8-15-16(11-14)22-24(21-15)18-10-13(2)17(23(3)4)12-19(18)25/h7-8,10-12,25H,5-6,9H2,1-4H3. The van der Waals surface area contributed by atoms with E-state index in [0.29, 0.717) is 28.9 Å². The van der Waals surface area contributed by atoms with Crippen molar-refractivity contribution >= 4 is 22.7 Å². The molecule has 0 radical (unpaired) electrons. The van der Waals surface area contributed by atoms with E-state index in [2.05, 4.69) is 10.2 Å². The third-order valence-corrected chi connectivity index (χ3v) is 4.34. The molecule has 0 spiro atoms. The fourth-order valence-corrected chi connectivity index (χ4v) is 2.85. The Morgan fingerprint density at radius 2 is 1.93 bits per heavy atom. The second kappa shape index (κ2) is 7.65. The molecule has 1 heterocycles. The van der Waals surface area contributed by atoms with Gasteiger partial charge < -0.3 is 14.7 Å². The summed E-state index contributed by atoms with van der Waals surface area (Å²) >= 11 is 0. The van der Waals surface area contributed by atoms with Gasteiger partial charge in [-0.2, -0.15) is 0 Å². The van der Waals surface area contributed by atoms with Gasteiger partial charge in [-0.25, -0.2) is 4.79 Å². The van der Waals surface area contributed by atoms with Gasteiger partial charge in [-0.05, 0) is 43.2 Å². The van der Waals surface area contributed by atoms with E-state index in [0.717, 1.165) is 24.1 Å². The zero-order chi connectivity index (χ0) is 19.6. The lowest BCUT2D eigenvalue weighted by Gasteiger charge is -2.17. The summed E-state index contributed by atoms with van der Waals surface area (Å²) in [4.78, 5) is 15.4. The number of phenolic OH excluding ortho intramolecular Hbond substituents is 1. The fraction of sp³-hybridized carbons (Fsp3) is 0.350. The molecule has 7 nitrogen and oxygen atoms in total. The van der Waals surface area contributed by atoms with Gasteiger partial charge >= 0.3 is 5.97 Å². The summed E-state index contributed by atoms with van der Waals surface area (Å²) in [6.45, 7) is 4.41. The molecule has 142 valence electrons. The SMILES string of the molecule is CCCCOC(=O)c1ccc2nn(-c3cc(C)c(N(C)C)cc3O)nc2c1. The van der Waals surface area contributed by atoms with Gasteiger partial charge in [-0.3, -0.25) is 0 Å². The average molecular weight is 368 g/mol. The monoisotopic (exact) mass is 368 g/mol. The summed E-state index contributed by atoms with van der Waals surface area (Å²) in [5.74, 6) is -0.280. The Morgan fingerprint density at radius 3 is 2.63 bits per heavy atom. The molecule has 2 aromatic carbocycles. The van der Waals surface area contributed by atoms with E-state index in [-0.39, 0.29) is 11.7 Å². The van der Waals surface area contributed by atoms with Gasteiger partial charge in [-0.15, -0.1) is 15.0 Å². The molecule has 3 aromatic rings. The number of unbranched alkanes of at least 4 members (excludes halogenated alkanes) is 1. The number of carbonyl (C=O) groups is 1. The smallest absolute Gasteiger partial charge is 0.338 e. The van der Waals surface area contributed by atoms with Gasteiger partial charge in [0.05, 0.1) is 12.2 Å². The second-order valence-corrected chi connectivity index (χ2v) is 6.70. The van der Waals surface area contributed by atoms with Crippen LogP contribution >= 0.6 is 0 Å². The third-order valence-electron chi connectivity index (χ3n) is 4.34. The molecule has 0 aliphatic heterocycles. The van der Waals surface area contributed by atoms with Crippen LogP contribution in [0.4, 0.5) is 5.69 Å². The zero-order valence-corrected chi connectivity index (χ0v) is 16.1. The number of aryl methyl sites for hydroxylation is 1. The van der Waals surface area contributed by atoms with Crippen LogP contribution in [0, 0.1) is 6.92 Å². The number of anilines is 1. The summed E-state index contributed by atoms with van der Waals surface area (Å²) in [5, 5.41) is 19.2. The number of aromatic nitrogens is 3. The second-order valence-electron chi connectivity index (χ2n) is 6.70. The van der Waals surface area contributed by atoms with Crippen molar-refractivity contribution in [3.05, 3.63) is 41.5 Å². The quantitative estimate of drug-likeness (QED) is 0.530. The number of carbonyl (C=O) groups excluding carboxylic acids is 1. The number of rotatable bonds is 6. The Balaban J connectivity index is 1.93. The maximum Gasteiger partial charge on any atom is 0.338 e. The van der Waals surface area contributed by atoms with Crippen molar-refractivity contribution < 1.29 is 14.6 Å². The van der Waals surface area contributed by atoms with Gasteiger partial charge in [0.1, 0.15) is 22.5 Å². The highest BCUT2D eigenvalue weighted by Crippen LogP contribution is 2.30. The molecule has 0 amide bonds. The van der Waals surface area contributed by atoms with Crippen molar-refractivity contribution in [2.24, 2.45) is 0 Å². The average Bonchev–Trinajstić information content (AvgIpc) is 3.06. The lowest BCUT2D eigenvalue weighted by molar-refractivity contribution is 0.0500. The Bertz CT molecular complexity index is 979. The number of esters is 1. The van der Waals surface area contributed by atoms with E-state index in [4.69, 9.17) is 4.74 Å². The minimum absolute atomic E-state index is 0.0869. The third kappa shape index (κ3) is 3.86. The van der Waals surface area contributed by atoms with Crippen LogP contribution in [0.25, 0.3) is 16.7 Å². The Kier molecular flexibility index (Phi) is 5.30. The predicted molar refractivity (Wildman–Crippen MR) is 105 cm³/mol. The number of phenols is 1. The maximum atomic E-state index is 12.1. The minimum Gasteiger partial charge on any atom is -0.506 e. The summed E-state index contributed by atoms with van der Waals surface area (Å²) in [5.41, 5.74) is 4.04. The van der Waals surface area contributed by atoms with Crippen molar-refractivity contribution in [2.45, 2.75) is 26.7 Å². The predicted octanol–water partition coefficient (Wildman–Crippen LogP) is 3.46. The van der Waals surface area contributed by atoms with Gasteiger partial charge in [0.2, 0.25) is 0 Å². The first-order valence-electron chi connectivity index (χ1n) is 8.96. The number of benzene rings is 2. The number of aromatic hydroxyl groups is 1. The zero-order valence-electron chi connectivity index (χ0n) is 16.1. The van der Waals surface area contributed by atoms with Crippen LogP contribution in [-0.2, 0) is 4.74 Å². The molecule has 7 heteroatoms. The van der Waals surface area contributed by atoms with Crippen molar-refractivity contribution in [2.75, 3.05) is 25.6 Å². The van der Waals surface area contributed by atoms with Crippen molar-refractivity contribution in [3.8, 4) is 11.4 Å². The maximum absolute atomic E-state index is 12.1. The first-order chi connectivity index (χ1) is 12.9. The van der Waals surface area contributed by atoms with Gasteiger partial charge in [0.25, 0.3) is 0 Å². The fourth-order valence-electron chi connectivity index (χ4n) is 2.85. The molecule has 27 heavy (non-hydrogen) atoms. The van der Waals surface area contributed by atoms with Gasteiger partial charge in [0.15, 0.2) is 0 Å². The molecule has 3 rings (SSSR count). The van der Waals surface area contributed by atoms with Gasteiger partial charge in [0, 0.05) is 25.8 Å². The van der Waals surface area contributed by atoms with Crippen LogP contribution in [0.3, 0.4) is 0 Å². The summed E-state index contributed by atoms with van der Waals surface area (Å²) in [6, 6.07) is 8.59. The normalized spacial score (nSPS) is 11.0. The molecule has 0 aliphatic carbocycles. The highest BCUT2D eigenvalue weighted by atomic mass is 16.5. The molecule has 0 bridgehead atoms. The summed E-state index contributed by atoms with van der Waals surface area (Å²) in [6.07, 6.45) is 1.81. The number of fused-ring (bicyclic) bond motifs is 1. The van der Waals surface area contributed by atoms with E-state index in [1.165, 1.54) is 4.80 Å². The van der Waals surface area contributed by atoms with E-state index in [9.17, 15) is 9.90 Å². The number of hydrogen-bond donors (Lipinski definition) is 1. The molecule has 0 unspecified atom stereocenters. The first kappa shape index (κ1) is 18.7. The van der Waals surface area contributed by atoms with Crippen LogP contribution in [0.1, 0.15) is 35.7 Å². The molecule has 1 N–H and O–H groups in total. The van der Waals surface area contributed by atoms with Crippen molar-refractivity contribution in [3.63, 3.8) is 0 Å². The molecule has 1 aromatic heterocycles. The molecule has 0 atom stereocenters. The first-order valence-corrected chi connectivity index (χ1v) is 8.96. The molecule has 0 fully saturated rings. The van der Waals surface area contributed by atoms with Gasteiger partial charge in [-0.1, -0.05) is 13.3 Å². The molecule has 0 saturated carbocycles. The van der Waals surface area contributed by atoms with Crippen LogP contribution in [-0.4, -0.2) is 46.8 Å². The lowest BCUT2D eigenvalue weighted by Crippen LogP contribution is -2.11. The number of ether oxygens (including phenoxy) is 1. The molecule has 0 aliphatic rings. The highest BCUT2D eigenvalue weighted by Gasteiger charge is 2.15. The largest absolute Gasteiger partial charge is 0.506 e. The van der Waals surface area contributed by atoms with E-state index < -0.39 is 0 Å². The van der Waals surface area contributed by atoms with Crippen LogP contribution in [0.5, 0.6) is 5.75 Å². The number of hydrogen-bond acceptors (Lipinski definition) is 6. The van der Waals surface area contributed by atoms with E-state index in [1.807, 2.05) is 38.9 Å². The summed E-state index contributed by atoms with van der Waals surface area (Å²) in [7, 11) is 3.84. The Hall–Kier alpha value is -3.09. The lowest BCUT2D eigenvalue weighted by atomic mass is 10.1. The molecular formula is C20H24N4O3. The topological polar surface area (TPSA) is 80.5 Å². The van der Waals surface area contributed by atoms with Crippen LogP contribution < -0.4 is 4.90 Å². The van der Waals surface area contributed by atoms with E-state index in [1.54, 1.807) is 24.3 Å². The van der Waals surface area contributed by atoms with E-state index >= 15 is 0 Å². The highest BCUT2D eigenvalue weighted by molar-refractivity contribution is 5.93. The minimum atomic E-state index is -0.367. The van der Waals surface area contributed by atoms with Crippen LogP contribution in [0.15, 0.2) is 30.3 Å². The van der Waals surface area contributed by atoms with Crippen LogP contribution in [0.2, 0.25) is 0 Å².